The summed E-state index contributed by atoms with van der Waals surface area (Å²) in [6.45, 7) is 3.80. The number of hydrogen-bond donors (Lipinski definition) is 1. The molecule has 1 heterocycles. The number of carbonyl (C=O) groups is 2. The number of rotatable bonds is 1. The van der Waals surface area contributed by atoms with Crippen molar-refractivity contribution in [2.24, 2.45) is 4.99 Å². The fourth-order valence-electron chi connectivity index (χ4n) is 0.953. The number of aliphatic imine (C=N–C) groups is 1. The van der Waals surface area contributed by atoms with Crippen molar-refractivity contribution in [2.75, 3.05) is 6.54 Å². The number of nitrogens with zero attached hydrogens (tertiary/aromatic N) is 1. The van der Waals surface area contributed by atoms with Gasteiger partial charge in [0.15, 0.2) is 5.84 Å². The van der Waals surface area contributed by atoms with Gasteiger partial charge in [0, 0.05) is 6.42 Å². The van der Waals surface area contributed by atoms with E-state index in [4.69, 9.17) is 11.6 Å². The maximum Gasteiger partial charge on any atom is 0.239 e. The third kappa shape index (κ3) is 2.20. The van der Waals surface area contributed by atoms with Gasteiger partial charge in [0.25, 0.3) is 0 Å². The van der Waals surface area contributed by atoms with E-state index in [0.29, 0.717) is 13.0 Å². The minimum Gasteiger partial charge on any atom is -0.308 e. The minimum absolute atomic E-state index is 0.0486. The van der Waals surface area contributed by atoms with Crippen LogP contribution in [0.2, 0.25) is 0 Å². The van der Waals surface area contributed by atoms with Crippen LogP contribution in [-0.2, 0) is 9.59 Å². The Kier molecular flexibility index (Phi) is 3.41. The van der Waals surface area contributed by atoms with E-state index >= 15 is 0 Å². The predicted octanol–water partition coefficient (Wildman–Crippen LogP) is 1.01. The van der Waals surface area contributed by atoms with E-state index in [9.17, 15) is 9.59 Å². The van der Waals surface area contributed by atoms with Crippen molar-refractivity contribution in [3.63, 3.8) is 0 Å². The van der Waals surface area contributed by atoms with Gasteiger partial charge in [0.2, 0.25) is 11.7 Å². The van der Waals surface area contributed by atoms with Gasteiger partial charge in [0.1, 0.15) is 0 Å². The summed E-state index contributed by atoms with van der Waals surface area (Å²) in [5.41, 5.74) is 0.728. The molecule has 1 amide bonds. The number of hydrogen-bond acceptors (Lipinski definition) is 3. The molecule has 0 fully saturated rings. The molecule has 0 aromatic heterocycles. The zero-order valence-corrected chi connectivity index (χ0v) is 8.81. The first kappa shape index (κ1) is 10.9. The van der Waals surface area contributed by atoms with Gasteiger partial charge < -0.3 is 5.32 Å². The molecule has 14 heavy (non-hydrogen) atoms. The lowest BCUT2D eigenvalue weighted by Gasteiger charge is -2.12. The molecule has 1 N–H and O–H groups in total. The van der Waals surface area contributed by atoms with E-state index in [1.807, 2.05) is 0 Å². The van der Waals surface area contributed by atoms with Crippen molar-refractivity contribution in [3.8, 4) is 0 Å². The molecule has 0 saturated carbocycles. The first-order chi connectivity index (χ1) is 6.56. The maximum atomic E-state index is 11.5. The summed E-state index contributed by atoms with van der Waals surface area (Å²) >= 11 is 5.74. The Balaban J connectivity index is 2.76. The number of amidine groups is 1. The molecule has 1 aliphatic heterocycles. The van der Waals surface area contributed by atoms with Gasteiger partial charge in [-0.15, -0.1) is 0 Å². The van der Waals surface area contributed by atoms with E-state index in [0.717, 1.165) is 5.57 Å². The van der Waals surface area contributed by atoms with Crippen molar-refractivity contribution < 1.29 is 9.59 Å². The summed E-state index contributed by atoms with van der Waals surface area (Å²) in [7, 11) is 0. The van der Waals surface area contributed by atoms with Crippen LogP contribution in [0, 0.1) is 0 Å². The Morgan fingerprint density at radius 2 is 2.29 bits per heavy atom. The highest BCUT2D eigenvalue weighted by Crippen LogP contribution is 2.15. The molecule has 4 nitrogen and oxygen atoms in total. The number of carbonyl (C=O) groups excluding carboxylic acids is 2. The van der Waals surface area contributed by atoms with Crippen LogP contribution < -0.4 is 5.32 Å². The molecule has 1 rings (SSSR count). The van der Waals surface area contributed by atoms with Crippen LogP contribution in [0.1, 0.15) is 20.3 Å². The van der Waals surface area contributed by atoms with Crippen molar-refractivity contribution in [1.29, 1.82) is 0 Å². The molecule has 1 aliphatic rings. The molecule has 0 aliphatic carbocycles. The molecule has 76 valence electrons. The first-order valence-corrected chi connectivity index (χ1v) is 4.68. The molecule has 0 atom stereocenters. The number of nitrogens with one attached hydrogen (secondary N) is 1. The van der Waals surface area contributed by atoms with Crippen LogP contribution in [0.5, 0.6) is 0 Å². The molecule has 0 saturated heterocycles. The number of ketones is 1. The average Bonchev–Trinajstić information content (AvgIpc) is 2.19. The number of dihydropyridines is 1. The summed E-state index contributed by atoms with van der Waals surface area (Å²) in [5, 5.41) is 2.57. The van der Waals surface area contributed by atoms with Crippen molar-refractivity contribution in [2.45, 2.75) is 20.3 Å². The van der Waals surface area contributed by atoms with E-state index < -0.39 is 5.78 Å². The van der Waals surface area contributed by atoms with Crippen LogP contribution in [0.15, 0.2) is 15.6 Å². The minimum atomic E-state index is -0.405. The molecule has 0 radical (unpaired) electrons. The Bertz CT molecular complexity index is 345. The first-order valence-electron chi connectivity index (χ1n) is 4.30. The Labute approximate surface area is 87.0 Å². The third-order valence-electron chi connectivity index (χ3n) is 1.84. The van der Waals surface area contributed by atoms with Crippen molar-refractivity contribution in [1.82, 2.24) is 5.32 Å². The third-order valence-corrected chi connectivity index (χ3v) is 2.34. The summed E-state index contributed by atoms with van der Waals surface area (Å²) in [5.74, 6) is -0.592. The highest BCUT2D eigenvalue weighted by Gasteiger charge is 2.22. The molecular weight excluding hydrogens is 204 g/mol. The van der Waals surface area contributed by atoms with Gasteiger partial charge in [0.05, 0.1) is 11.6 Å². The largest absolute Gasteiger partial charge is 0.308 e. The molecular formula is C9H11ClN2O2. The zero-order valence-electron chi connectivity index (χ0n) is 8.06. The van der Waals surface area contributed by atoms with Gasteiger partial charge in [-0.05, 0) is 12.5 Å². The summed E-state index contributed by atoms with van der Waals surface area (Å²) < 4.78 is 0. The number of halogens is 1. The second-order valence-electron chi connectivity index (χ2n) is 2.99. The standard InChI is InChI=1S/C9H11ClN2O2/c1-3-6(13)12-9-8(14)7(10)5(2)4-11-9/h3-4H2,1-2H3,(H,11,12,13). The van der Waals surface area contributed by atoms with Crippen LogP contribution in [0.3, 0.4) is 0 Å². The van der Waals surface area contributed by atoms with Gasteiger partial charge in [-0.1, -0.05) is 18.5 Å². The van der Waals surface area contributed by atoms with Crippen LogP contribution in [0.4, 0.5) is 0 Å². The molecule has 0 unspecified atom stereocenters. The normalized spacial score (nSPS) is 16.8. The van der Waals surface area contributed by atoms with E-state index in [1.165, 1.54) is 0 Å². The lowest BCUT2D eigenvalue weighted by Crippen LogP contribution is -2.38. The quantitative estimate of drug-likeness (QED) is 0.708. The molecule has 0 aromatic carbocycles. The van der Waals surface area contributed by atoms with E-state index in [2.05, 4.69) is 10.3 Å². The predicted molar refractivity (Wildman–Crippen MR) is 54.3 cm³/mol. The van der Waals surface area contributed by atoms with Gasteiger partial charge in [-0.25, -0.2) is 0 Å². The maximum absolute atomic E-state index is 11.5. The van der Waals surface area contributed by atoms with Gasteiger partial charge in [-0.3, -0.25) is 14.6 Å². The van der Waals surface area contributed by atoms with Crippen LogP contribution >= 0.6 is 11.6 Å². The van der Waals surface area contributed by atoms with Crippen molar-refractivity contribution >= 4 is 29.1 Å². The number of amides is 1. The Morgan fingerprint density at radius 3 is 2.86 bits per heavy atom. The summed E-state index contributed by atoms with van der Waals surface area (Å²) in [4.78, 5) is 26.4. The second-order valence-corrected chi connectivity index (χ2v) is 3.37. The van der Waals surface area contributed by atoms with Crippen LogP contribution in [0.25, 0.3) is 0 Å². The van der Waals surface area contributed by atoms with E-state index in [-0.39, 0.29) is 16.8 Å². The highest BCUT2D eigenvalue weighted by atomic mass is 35.5. The fourth-order valence-corrected chi connectivity index (χ4v) is 1.10. The highest BCUT2D eigenvalue weighted by molar-refractivity contribution is 6.60. The van der Waals surface area contributed by atoms with E-state index in [1.54, 1.807) is 13.8 Å². The SMILES string of the molecule is CCC(=O)NC1=NCC(C)=C(Cl)C1=O. The Morgan fingerprint density at radius 1 is 1.64 bits per heavy atom. The molecule has 5 heteroatoms. The number of Topliss-reactive ketones (excluding diaryl/α,β-unsaturated/α-hetero) is 1. The van der Waals surface area contributed by atoms with Gasteiger partial charge >= 0.3 is 0 Å². The van der Waals surface area contributed by atoms with Gasteiger partial charge in [-0.2, -0.15) is 0 Å². The smallest absolute Gasteiger partial charge is 0.239 e. The lowest BCUT2D eigenvalue weighted by molar-refractivity contribution is -0.120. The molecule has 0 bridgehead atoms. The summed E-state index contributed by atoms with van der Waals surface area (Å²) in [6.07, 6.45) is 0.312. The molecule has 0 spiro atoms. The molecule has 0 aromatic rings. The van der Waals surface area contributed by atoms with Crippen LogP contribution in [-0.4, -0.2) is 24.1 Å². The fraction of sp³-hybridized carbons (Fsp3) is 0.444. The average molecular weight is 215 g/mol. The zero-order chi connectivity index (χ0) is 10.7. The second kappa shape index (κ2) is 4.37. The summed E-state index contributed by atoms with van der Waals surface area (Å²) in [6, 6.07) is 0. The lowest BCUT2D eigenvalue weighted by atomic mass is 10.1. The van der Waals surface area contributed by atoms with Crippen molar-refractivity contribution in [3.05, 3.63) is 10.6 Å². The monoisotopic (exact) mass is 214 g/mol. The topological polar surface area (TPSA) is 58.5 Å². The Hall–Kier alpha value is -1.16.